The fourth-order valence-electron chi connectivity index (χ4n) is 3.97. The number of fused-ring (bicyclic) bond motifs is 1. The van der Waals surface area contributed by atoms with Crippen molar-refractivity contribution in [3.05, 3.63) is 36.7 Å². The van der Waals surface area contributed by atoms with E-state index in [-0.39, 0.29) is 19.4 Å². The number of aromatic nitrogens is 4. The highest BCUT2D eigenvalue weighted by Gasteiger charge is 2.42. The van der Waals surface area contributed by atoms with Gasteiger partial charge < -0.3 is 5.32 Å². The molecule has 1 aliphatic heterocycles. The van der Waals surface area contributed by atoms with Gasteiger partial charge in [0.25, 0.3) is 5.91 Å². The average molecular weight is 428 g/mol. The van der Waals surface area contributed by atoms with Crippen molar-refractivity contribution >= 4 is 22.5 Å². The number of carbonyl (C=O) groups is 1. The third kappa shape index (κ3) is 4.71. The minimum Gasteiger partial charge on any atom is -0.308 e. The summed E-state index contributed by atoms with van der Waals surface area (Å²) in [7, 11) is 1.81. The van der Waals surface area contributed by atoms with Crippen LogP contribution in [0.2, 0.25) is 0 Å². The summed E-state index contributed by atoms with van der Waals surface area (Å²) < 4.78 is 30.8. The predicted octanol–water partition coefficient (Wildman–Crippen LogP) is 3.52. The van der Waals surface area contributed by atoms with E-state index >= 15 is 4.39 Å². The lowest BCUT2D eigenvalue weighted by Gasteiger charge is -2.37. The van der Waals surface area contributed by atoms with Crippen molar-refractivity contribution in [1.82, 2.24) is 24.9 Å². The number of aryl methyl sites for hydroxylation is 1. The van der Waals surface area contributed by atoms with Gasteiger partial charge in [-0.05, 0) is 31.4 Å². The first-order valence-electron chi connectivity index (χ1n) is 10.3. The third-order valence-corrected chi connectivity index (χ3v) is 5.63. The Labute approximate surface area is 179 Å². The number of nitrogens with one attached hydrogen (secondary N) is 1. The lowest BCUT2D eigenvalue weighted by molar-refractivity contribution is -0.130. The molecule has 1 aromatic carbocycles. The topological polar surface area (TPSA) is 75.9 Å². The number of amides is 1. The van der Waals surface area contributed by atoms with Crippen molar-refractivity contribution < 1.29 is 13.6 Å². The normalized spacial score (nSPS) is 17.1. The first-order valence-corrected chi connectivity index (χ1v) is 10.3. The molecule has 0 atom stereocenters. The Hall–Kier alpha value is -2.94. The van der Waals surface area contributed by atoms with Gasteiger partial charge in [0.1, 0.15) is 11.5 Å². The van der Waals surface area contributed by atoms with Crippen LogP contribution < -0.4 is 5.32 Å². The molecule has 0 bridgehead atoms. The monoisotopic (exact) mass is 428 g/mol. The van der Waals surface area contributed by atoms with Crippen LogP contribution in [0.1, 0.15) is 26.7 Å². The molecule has 2 aromatic heterocycles. The molecule has 31 heavy (non-hydrogen) atoms. The molecule has 1 amide bonds. The summed E-state index contributed by atoms with van der Waals surface area (Å²) in [6, 6.07) is 7.55. The highest BCUT2D eigenvalue weighted by atomic mass is 19.1. The second kappa shape index (κ2) is 7.96. The number of alkyl halides is 2. The van der Waals surface area contributed by atoms with Crippen LogP contribution in [0, 0.1) is 0 Å². The van der Waals surface area contributed by atoms with Crippen LogP contribution in [-0.2, 0) is 11.8 Å². The smallest absolute Gasteiger partial charge is 0.263 e. The third-order valence-electron chi connectivity index (χ3n) is 5.63. The van der Waals surface area contributed by atoms with E-state index in [0.29, 0.717) is 18.9 Å². The fourth-order valence-corrected chi connectivity index (χ4v) is 3.97. The first kappa shape index (κ1) is 21.3. The standard InChI is InChI=1S/C22H26F2N6O/c1-21(2,23)14-30-8-6-22(24,7-9-30)20(31)27-19-11-17-10-15(4-5-16(17)12-25-19)18-13-26-28-29(18)3/h4-5,10-13H,6-9,14H2,1-3H3,(H,25,27,31). The van der Waals surface area contributed by atoms with E-state index in [1.54, 1.807) is 23.1 Å². The molecule has 1 aliphatic rings. The highest BCUT2D eigenvalue weighted by molar-refractivity contribution is 5.98. The van der Waals surface area contributed by atoms with Gasteiger partial charge in [-0.1, -0.05) is 17.3 Å². The van der Waals surface area contributed by atoms with Crippen LogP contribution in [0.5, 0.6) is 0 Å². The number of likely N-dealkylation sites (tertiary alicyclic amines) is 1. The van der Waals surface area contributed by atoms with E-state index < -0.39 is 17.2 Å². The molecule has 0 spiro atoms. The number of anilines is 1. The number of halogens is 2. The Kier molecular flexibility index (Phi) is 5.47. The first-order chi connectivity index (χ1) is 14.6. The van der Waals surface area contributed by atoms with E-state index in [1.165, 1.54) is 13.8 Å². The summed E-state index contributed by atoms with van der Waals surface area (Å²) in [5, 5.41) is 12.2. The second-order valence-corrected chi connectivity index (χ2v) is 8.79. The van der Waals surface area contributed by atoms with E-state index in [0.717, 1.165) is 22.0 Å². The summed E-state index contributed by atoms with van der Waals surface area (Å²) in [4.78, 5) is 18.8. The van der Waals surface area contributed by atoms with Crippen LogP contribution in [0.25, 0.3) is 22.0 Å². The minimum atomic E-state index is -1.99. The number of nitrogens with zero attached hydrogens (tertiary/aromatic N) is 5. The molecule has 1 fully saturated rings. The minimum absolute atomic E-state index is 0.0279. The van der Waals surface area contributed by atoms with Crippen LogP contribution >= 0.6 is 0 Å². The van der Waals surface area contributed by atoms with Crippen molar-refractivity contribution in [2.45, 2.75) is 38.0 Å². The summed E-state index contributed by atoms with van der Waals surface area (Å²) in [5.74, 6) is -0.410. The van der Waals surface area contributed by atoms with Crippen LogP contribution in [0.4, 0.5) is 14.6 Å². The second-order valence-electron chi connectivity index (χ2n) is 8.79. The lowest BCUT2D eigenvalue weighted by Crippen LogP contribution is -2.50. The lowest BCUT2D eigenvalue weighted by atomic mass is 9.91. The molecule has 7 nitrogen and oxygen atoms in total. The summed E-state index contributed by atoms with van der Waals surface area (Å²) in [6.07, 6.45) is 3.38. The van der Waals surface area contributed by atoms with E-state index in [2.05, 4.69) is 20.6 Å². The molecule has 9 heteroatoms. The zero-order valence-electron chi connectivity index (χ0n) is 17.9. The zero-order valence-corrected chi connectivity index (χ0v) is 17.9. The van der Waals surface area contributed by atoms with Gasteiger partial charge in [0, 0.05) is 56.7 Å². The SMILES string of the molecule is Cn1nncc1-c1ccc2cnc(NC(=O)C3(F)CCN(CC(C)(C)F)CC3)cc2c1. The molecule has 0 radical (unpaired) electrons. The fraction of sp³-hybridized carbons (Fsp3) is 0.455. The van der Waals surface area contributed by atoms with E-state index in [9.17, 15) is 9.18 Å². The maximum absolute atomic E-state index is 15.3. The number of piperidine rings is 1. The molecular formula is C22H26F2N6O. The van der Waals surface area contributed by atoms with Gasteiger partial charge in [-0.15, -0.1) is 5.10 Å². The number of hydrogen-bond acceptors (Lipinski definition) is 5. The number of hydrogen-bond donors (Lipinski definition) is 1. The van der Waals surface area contributed by atoms with Crippen molar-refractivity contribution in [3.63, 3.8) is 0 Å². The van der Waals surface area contributed by atoms with Gasteiger partial charge in [-0.25, -0.2) is 18.4 Å². The molecule has 0 saturated carbocycles. The van der Waals surface area contributed by atoms with Gasteiger partial charge in [-0.2, -0.15) is 0 Å². The molecule has 3 aromatic rings. The molecule has 0 aliphatic carbocycles. The van der Waals surface area contributed by atoms with Gasteiger partial charge in [0.2, 0.25) is 0 Å². The van der Waals surface area contributed by atoms with E-state index in [4.69, 9.17) is 0 Å². The number of carbonyl (C=O) groups excluding carboxylic acids is 1. The number of rotatable bonds is 5. The molecule has 3 heterocycles. The van der Waals surface area contributed by atoms with E-state index in [1.807, 2.05) is 30.1 Å². The molecule has 4 rings (SSSR count). The van der Waals surface area contributed by atoms with Crippen molar-refractivity contribution in [2.24, 2.45) is 7.05 Å². The van der Waals surface area contributed by atoms with Crippen molar-refractivity contribution in [3.8, 4) is 11.3 Å². The molecule has 1 saturated heterocycles. The number of benzene rings is 1. The van der Waals surface area contributed by atoms with Crippen LogP contribution in [-0.4, -0.2) is 61.8 Å². The summed E-state index contributed by atoms with van der Waals surface area (Å²) in [6.45, 7) is 3.90. The number of pyridine rings is 1. The Morgan fingerprint density at radius 2 is 1.94 bits per heavy atom. The van der Waals surface area contributed by atoms with Crippen molar-refractivity contribution in [1.29, 1.82) is 0 Å². The molecule has 1 N–H and O–H groups in total. The van der Waals surface area contributed by atoms with Crippen LogP contribution in [0.15, 0.2) is 36.7 Å². The predicted molar refractivity (Wildman–Crippen MR) is 115 cm³/mol. The Morgan fingerprint density at radius 3 is 2.58 bits per heavy atom. The Morgan fingerprint density at radius 1 is 1.19 bits per heavy atom. The molecule has 0 unspecified atom stereocenters. The molecular weight excluding hydrogens is 402 g/mol. The largest absolute Gasteiger partial charge is 0.308 e. The maximum atomic E-state index is 15.3. The van der Waals surface area contributed by atoms with Gasteiger partial charge in [0.05, 0.1) is 11.9 Å². The quantitative estimate of drug-likeness (QED) is 0.673. The summed E-state index contributed by atoms with van der Waals surface area (Å²) in [5.41, 5.74) is -1.56. The Balaban J connectivity index is 1.48. The van der Waals surface area contributed by atoms with Crippen LogP contribution in [0.3, 0.4) is 0 Å². The summed E-state index contributed by atoms with van der Waals surface area (Å²) >= 11 is 0. The Bertz CT molecular complexity index is 1100. The highest BCUT2D eigenvalue weighted by Crippen LogP contribution is 2.30. The van der Waals surface area contributed by atoms with Gasteiger partial charge in [-0.3, -0.25) is 9.69 Å². The maximum Gasteiger partial charge on any atom is 0.263 e. The van der Waals surface area contributed by atoms with Gasteiger partial charge >= 0.3 is 0 Å². The average Bonchev–Trinajstić information content (AvgIpc) is 3.14. The van der Waals surface area contributed by atoms with Gasteiger partial charge in [0.15, 0.2) is 5.67 Å². The zero-order chi connectivity index (χ0) is 22.2. The molecule has 164 valence electrons. The van der Waals surface area contributed by atoms with Crippen molar-refractivity contribution in [2.75, 3.05) is 25.0 Å².